The molecule has 3 rings (SSSR count). The van der Waals surface area contributed by atoms with E-state index in [1.807, 2.05) is 6.92 Å². The number of methoxy groups -OCH3 is 1. The second kappa shape index (κ2) is 11.0. The smallest absolute Gasteiger partial charge is 0.227 e. The van der Waals surface area contributed by atoms with Gasteiger partial charge in [-0.3, -0.25) is 9.59 Å². The summed E-state index contributed by atoms with van der Waals surface area (Å²) in [6.07, 6.45) is 0.0267. The van der Waals surface area contributed by atoms with Gasteiger partial charge < -0.3 is 28.6 Å². The van der Waals surface area contributed by atoms with Gasteiger partial charge in [0.05, 0.1) is 19.1 Å². The van der Waals surface area contributed by atoms with Crippen molar-refractivity contribution in [1.29, 1.82) is 0 Å². The van der Waals surface area contributed by atoms with Crippen molar-refractivity contribution in [2.45, 2.75) is 25.9 Å². The Morgan fingerprint density at radius 3 is 2.56 bits per heavy atom. The van der Waals surface area contributed by atoms with E-state index < -0.39 is 17.1 Å². The molecule has 0 unspecified atom stereocenters. The SMILES string of the molecule is C=C(C)COc1ccc([C@@H](CC(=O)N2CCOCC2)c2oc(COC)cc(=O)c2O)cc1. The number of rotatable bonds is 9. The van der Waals surface area contributed by atoms with Crippen LogP contribution >= 0.6 is 0 Å². The molecule has 1 aromatic heterocycles. The first-order chi connectivity index (χ1) is 15.4. The van der Waals surface area contributed by atoms with Crippen LogP contribution in [0.1, 0.15) is 36.3 Å². The van der Waals surface area contributed by atoms with Crippen molar-refractivity contribution in [2.75, 3.05) is 40.0 Å². The fourth-order valence-corrected chi connectivity index (χ4v) is 3.49. The van der Waals surface area contributed by atoms with Crippen molar-refractivity contribution in [3.05, 3.63) is 69.8 Å². The first kappa shape index (κ1) is 23.6. The van der Waals surface area contributed by atoms with Crippen LogP contribution in [-0.4, -0.2) is 55.9 Å². The summed E-state index contributed by atoms with van der Waals surface area (Å²) in [6.45, 7) is 8.12. The third-order valence-corrected chi connectivity index (χ3v) is 5.11. The van der Waals surface area contributed by atoms with Crippen LogP contribution in [0.15, 0.2) is 51.7 Å². The van der Waals surface area contributed by atoms with E-state index in [2.05, 4.69) is 6.58 Å². The van der Waals surface area contributed by atoms with Crippen LogP contribution in [0.3, 0.4) is 0 Å². The molecular weight excluding hydrogens is 414 g/mol. The number of carbonyl (C=O) groups excluding carboxylic acids is 1. The third kappa shape index (κ3) is 5.99. The number of aromatic hydroxyl groups is 1. The lowest BCUT2D eigenvalue weighted by molar-refractivity contribution is -0.135. The first-order valence-electron chi connectivity index (χ1n) is 10.5. The summed E-state index contributed by atoms with van der Waals surface area (Å²) in [6, 6.07) is 8.34. The maximum atomic E-state index is 13.0. The summed E-state index contributed by atoms with van der Waals surface area (Å²) in [5.74, 6) is -0.316. The maximum Gasteiger partial charge on any atom is 0.227 e. The molecule has 1 saturated heterocycles. The molecule has 1 amide bonds. The molecule has 1 fully saturated rings. The van der Waals surface area contributed by atoms with Gasteiger partial charge in [0.25, 0.3) is 0 Å². The van der Waals surface area contributed by atoms with E-state index in [-0.39, 0.29) is 30.5 Å². The molecule has 1 aromatic carbocycles. The molecule has 1 N–H and O–H groups in total. The highest BCUT2D eigenvalue weighted by Crippen LogP contribution is 2.34. The maximum absolute atomic E-state index is 13.0. The molecule has 172 valence electrons. The number of hydrogen-bond donors (Lipinski definition) is 1. The van der Waals surface area contributed by atoms with Gasteiger partial charge in [-0.2, -0.15) is 0 Å². The molecule has 1 aliphatic heterocycles. The number of ether oxygens (including phenoxy) is 3. The lowest BCUT2D eigenvalue weighted by atomic mass is 9.91. The van der Waals surface area contributed by atoms with Crippen molar-refractivity contribution in [1.82, 2.24) is 4.90 Å². The van der Waals surface area contributed by atoms with E-state index >= 15 is 0 Å². The van der Waals surface area contributed by atoms with Gasteiger partial charge in [-0.1, -0.05) is 18.7 Å². The second-order valence-corrected chi connectivity index (χ2v) is 7.79. The molecular formula is C24H29NO7. The molecule has 8 heteroatoms. The van der Waals surface area contributed by atoms with Crippen molar-refractivity contribution >= 4 is 5.91 Å². The Morgan fingerprint density at radius 1 is 1.25 bits per heavy atom. The number of benzene rings is 1. The highest BCUT2D eigenvalue weighted by molar-refractivity contribution is 5.78. The van der Waals surface area contributed by atoms with Crippen LogP contribution in [0.5, 0.6) is 11.5 Å². The normalized spacial score (nSPS) is 14.8. The predicted octanol–water partition coefficient (Wildman–Crippen LogP) is 2.83. The number of nitrogens with zero attached hydrogens (tertiary/aromatic N) is 1. The van der Waals surface area contributed by atoms with Crippen molar-refractivity contribution < 1.29 is 28.5 Å². The summed E-state index contributed by atoms with van der Waals surface area (Å²) in [5, 5.41) is 10.5. The van der Waals surface area contributed by atoms with Gasteiger partial charge in [-0.05, 0) is 30.2 Å². The number of morpholine rings is 1. The van der Waals surface area contributed by atoms with E-state index in [4.69, 9.17) is 18.6 Å². The van der Waals surface area contributed by atoms with Crippen LogP contribution in [0, 0.1) is 0 Å². The summed E-state index contributed by atoms with van der Waals surface area (Å²) in [5.41, 5.74) is 1.02. The van der Waals surface area contributed by atoms with Gasteiger partial charge >= 0.3 is 0 Å². The number of amides is 1. The number of carbonyl (C=O) groups is 1. The fourth-order valence-electron chi connectivity index (χ4n) is 3.49. The zero-order chi connectivity index (χ0) is 23.1. The zero-order valence-corrected chi connectivity index (χ0v) is 18.5. The van der Waals surface area contributed by atoms with Gasteiger partial charge in [-0.25, -0.2) is 0 Å². The average Bonchev–Trinajstić information content (AvgIpc) is 2.79. The Kier molecular flexibility index (Phi) is 8.08. The van der Waals surface area contributed by atoms with Crippen LogP contribution in [0.25, 0.3) is 0 Å². The largest absolute Gasteiger partial charge is 0.502 e. The quantitative estimate of drug-likeness (QED) is 0.595. The highest BCUT2D eigenvalue weighted by atomic mass is 16.5. The third-order valence-electron chi connectivity index (χ3n) is 5.11. The lowest BCUT2D eigenvalue weighted by Gasteiger charge is -2.28. The summed E-state index contributed by atoms with van der Waals surface area (Å²) < 4.78 is 21.9. The van der Waals surface area contributed by atoms with Crippen LogP contribution < -0.4 is 10.2 Å². The molecule has 0 aliphatic carbocycles. The summed E-state index contributed by atoms with van der Waals surface area (Å²) in [4.78, 5) is 27.1. The Balaban J connectivity index is 1.95. The molecule has 0 bridgehead atoms. The molecule has 0 saturated carbocycles. The van der Waals surface area contributed by atoms with Crippen molar-refractivity contribution in [3.8, 4) is 11.5 Å². The van der Waals surface area contributed by atoms with Gasteiger partial charge in [-0.15, -0.1) is 0 Å². The van der Waals surface area contributed by atoms with E-state index in [1.165, 1.54) is 13.2 Å². The first-order valence-corrected chi connectivity index (χ1v) is 10.5. The van der Waals surface area contributed by atoms with E-state index in [0.29, 0.717) is 44.2 Å². The van der Waals surface area contributed by atoms with Gasteiger partial charge in [0.1, 0.15) is 24.7 Å². The molecule has 1 atom stereocenters. The Hall–Kier alpha value is -3.10. The van der Waals surface area contributed by atoms with E-state index in [9.17, 15) is 14.7 Å². The Labute approximate surface area is 187 Å². The van der Waals surface area contributed by atoms with Crippen LogP contribution in [0.2, 0.25) is 0 Å². The van der Waals surface area contributed by atoms with Crippen LogP contribution in [0.4, 0.5) is 0 Å². The molecule has 1 aliphatic rings. The average molecular weight is 443 g/mol. The number of hydrogen-bond acceptors (Lipinski definition) is 7. The second-order valence-electron chi connectivity index (χ2n) is 7.79. The topological polar surface area (TPSA) is 98.4 Å². The minimum Gasteiger partial charge on any atom is -0.502 e. The molecule has 8 nitrogen and oxygen atoms in total. The van der Waals surface area contributed by atoms with E-state index in [0.717, 1.165) is 5.57 Å². The van der Waals surface area contributed by atoms with Gasteiger partial charge in [0, 0.05) is 32.7 Å². The molecule has 2 heterocycles. The molecule has 32 heavy (non-hydrogen) atoms. The fraction of sp³-hybridized carbons (Fsp3) is 0.417. The van der Waals surface area contributed by atoms with Gasteiger partial charge in [0.15, 0.2) is 5.76 Å². The Morgan fingerprint density at radius 2 is 1.94 bits per heavy atom. The molecule has 0 radical (unpaired) electrons. The predicted molar refractivity (Wildman–Crippen MR) is 118 cm³/mol. The lowest BCUT2D eigenvalue weighted by Crippen LogP contribution is -2.41. The Bertz CT molecular complexity index is 990. The minimum absolute atomic E-state index is 0.0267. The van der Waals surface area contributed by atoms with E-state index in [1.54, 1.807) is 29.2 Å². The molecule has 0 spiro atoms. The summed E-state index contributed by atoms with van der Waals surface area (Å²) in [7, 11) is 1.48. The minimum atomic E-state index is -0.662. The van der Waals surface area contributed by atoms with Crippen LogP contribution in [-0.2, 0) is 20.9 Å². The standard InChI is InChI=1S/C24H29NO7/c1-16(2)14-31-18-6-4-17(5-7-18)20(13-22(27)25-8-10-30-11-9-25)24-23(28)21(26)12-19(32-24)15-29-3/h4-7,12,20,28H,1,8-11,13-15H2,2-3H3/t20-/m1/s1. The summed E-state index contributed by atoms with van der Waals surface area (Å²) >= 11 is 0. The van der Waals surface area contributed by atoms with Gasteiger partial charge in [0.2, 0.25) is 17.1 Å². The monoisotopic (exact) mass is 443 g/mol. The zero-order valence-electron chi connectivity index (χ0n) is 18.5. The van der Waals surface area contributed by atoms with Crippen molar-refractivity contribution in [3.63, 3.8) is 0 Å². The molecule has 2 aromatic rings. The van der Waals surface area contributed by atoms with Crippen molar-refractivity contribution in [2.24, 2.45) is 0 Å². The highest BCUT2D eigenvalue weighted by Gasteiger charge is 2.29.